The molecule has 180 valence electrons. The Morgan fingerprint density at radius 1 is 1.09 bits per heavy atom. The monoisotopic (exact) mass is 481 g/mol. The van der Waals surface area contributed by atoms with E-state index in [0.717, 1.165) is 48.2 Å². The van der Waals surface area contributed by atoms with Crippen molar-refractivity contribution in [2.75, 3.05) is 12.8 Å². The quantitative estimate of drug-likeness (QED) is 0.582. The number of likely N-dealkylation sites (tertiary alicyclic amines) is 1. The molecule has 0 radical (unpaired) electrons. The van der Waals surface area contributed by atoms with Gasteiger partial charge in [-0.1, -0.05) is 30.3 Å². The zero-order chi connectivity index (χ0) is 24.1. The number of hydrogen-bond donors (Lipinski definition) is 1. The lowest BCUT2D eigenvalue weighted by Crippen LogP contribution is -2.56. The minimum Gasteiger partial charge on any atom is -0.332 e. The van der Waals surface area contributed by atoms with Crippen LogP contribution < -0.4 is 4.72 Å². The van der Waals surface area contributed by atoms with Crippen LogP contribution in [0, 0.1) is 6.92 Å². The van der Waals surface area contributed by atoms with Gasteiger partial charge < -0.3 is 4.90 Å². The van der Waals surface area contributed by atoms with Gasteiger partial charge in [-0.15, -0.1) is 0 Å². The molecule has 8 nitrogen and oxygen atoms in total. The Morgan fingerprint density at radius 3 is 2.50 bits per heavy atom. The van der Waals surface area contributed by atoms with E-state index in [1.54, 1.807) is 24.0 Å². The van der Waals surface area contributed by atoms with Crippen LogP contribution in [-0.2, 0) is 20.4 Å². The number of hydrogen-bond acceptors (Lipinski definition) is 5. The number of carbonyl (C=O) groups excluding carboxylic acids is 1. The van der Waals surface area contributed by atoms with Gasteiger partial charge in [0.15, 0.2) is 5.65 Å². The van der Waals surface area contributed by atoms with E-state index in [1.165, 1.54) is 12.8 Å². The summed E-state index contributed by atoms with van der Waals surface area (Å²) >= 11 is 0. The number of amides is 1. The summed E-state index contributed by atoms with van der Waals surface area (Å²) in [7, 11) is -3.66. The van der Waals surface area contributed by atoms with E-state index >= 15 is 0 Å². The molecule has 1 N–H and O–H groups in total. The average Bonchev–Trinajstić information content (AvgIpc) is 3.57. The molecule has 2 aliphatic rings. The van der Waals surface area contributed by atoms with Crippen molar-refractivity contribution < 1.29 is 13.2 Å². The van der Waals surface area contributed by atoms with Gasteiger partial charge >= 0.3 is 0 Å². The minimum absolute atomic E-state index is 0.240. The predicted molar refractivity (Wildman–Crippen MR) is 130 cm³/mol. The molecule has 2 atom stereocenters. The second-order valence-corrected chi connectivity index (χ2v) is 11.6. The molecule has 1 saturated carbocycles. The van der Waals surface area contributed by atoms with Gasteiger partial charge in [0, 0.05) is 29.9 Å². The Balaban J connectivity index is 1.54. The first kappa shape index (κ1) is 23.0. The molecule has 9 heteroatoms. The highest BCUT2D eigenvalue weighted by molar-refractivity contribution is 7.88. The Kier molecular flexibility index (Phi) is 5.72. The van der Waals surface area contributed by atoms with Crippen molar-refractivity contribution in [3.8, 4) is 0 Å². The van der Waals surface area contributed by atoms with Crippen molar-refractivity contribution >= 4 is 21.6 Å². The first-order valence-corrected chi connectivity index (χ1v) is 13.8. The Bertz CT molecular complexity index is 1330. The summed E-state index contributed by atoms with van der Waals surface area (Å²) in [6, 6.07) is 12.9. The van der Waals surface area contributed by atoms with Crippen molar-refractivity contribution in [2.45, 2.75) is 63.5 Å². The Morgan fingerprint density at radius 2 is 1.82 bits per heavy atom. The molecule has 2 fully saturated rings. The fourth-order valence-electron chi connectivity index (χ4n) is 5.06. The first-order chi connectivity index (χ1) is 16.2. The molecule has 3 aromatic rings. The van der Waals surface area contributed by atoms with E-state index < -0.39 is 15.6 Å². The van der Waals surface area contributed by atoms with Crippen LogP contribution in [0.25, 0.3) is 5.65 Å². The molecule has 0 spiro atoms. The lowest BCUT2D eigenvalue weighted by Gasteiger charge is -2.41. The number of nitrogens with one attached hydrogen (secondary N) is 1. The van der Waals surface area contributed by atoms with E-state index in [4.69, 9.17) is 10.1 Å². The van der Waals surface area contributed by atoms with Crippen LogP contribution in [0.15, 0.2) is 42.5 Å². The lowest BCUT2D eigenvalue weighted by atomic mass is 9.89. The number of aryl methyl sites for hydroxylation is 1. The maximum atomic E-state index is 14.1. The molecular formula is C25H31N5O3S. The molecule has 0 bridgehead atoms. The molecule has 3 heterocycles. The smallest absolute Gasteiger partial charge is 0.248 e. The second-order valence-electron chi connectivity index (χ2n) is 9.81. The number of piperidine rings is 1. The Labute approximate surface area is 200 Å². The third-order valence-corrected chi connectivity index (χ3v) is 7.69. The third-order valence-electron chi connectivity index (χ3n) is 6.91. The number of aromatic nitrogens is 3. The molecular weight excluding hydrogens is 450 g/mol. The number of sulfonamides is 1. The normalized spacial score (nSPS) is 20.9. The fourth-order valence-corrected chi connectivity index (χ4v) is 6.00. The van der Waals surface area contributed by atoms with Crippen molar-refractivity contribution in [3.63, 3.8) is 0 Å². The van der Waals surface area contributed by atoms with Gasteiger partial charge in [0.25, 0.3) is 0 Å². The Hall–Kier alpha value is -2.78. The summed E-state index contributed by atoms with van der Waals surface area (Å²) in [5.41, 5.74) is 2.93. The third kappa shape index (κ3) is 4.34. The summed E-state index contributed by atoms with van der Waals surface area (Å²) in [6.45, 7) is 4.23. The maximum Gasteiger partial charge on any atom is 0.248 e. The van der Waals surface area contributed by atoms with Gasteiger partial charge in [0.2, 0.25) is 15.9 Å². The van der Waals surface area contributed by atoms with Gasteiger partial charge in [-0.3, -0.25) is 4.79 Å². The molecule has 1 amide bonds. The molecule has 5 rings (SSSR count). The first-order valence-electron chi connectivity index (χ1n) is 11.9. The van der Waals surface area contributed by atoms with Crippen molar-refractivity contribution in [1.82, 2.24) is 24.2 Å². The van der Waals surface area contributed by atoms with Crippen LogP contribution in [0.2, 0.25) is 0 Å². The molecule has 1 aliphatic carbocycles. The van der Waals surface area contributed by atoms with Crippen LogP contribution in [0.1, 0.15) is 73.6 Å². The van der Waals surface area contributed by atoms with Crippen LogP contribution in [0.3, 0.4) is 0 Å². The van der Waals surface area contributed by atoms with Gasteiger partial charge in [-0.25, -0.2) is 17.9 Å². The zero-order valence-electron chi connectivity index (χ0n) is 19.9. The lowest BCUT2D eigenvalue weighted by molar-refractivity contribution is -0.141. The predicted octanol–water partition coefficient (Wildman–Crippen LogP) is 3.43. The zero-order valence-corrected chi connectivity index (χ0v) is 20.7. The van der Waals surface area contributed by atoms with E-state index in [-0.39, 0.29) is 11.9 Å². The van der Waals surface area contributed by atoms with Crippen molar-refractivity contribution in [3.05, 3.63) is 65.1 Å². The summed E-state index contributed by atoms with van der Waals surface area (Å²) in [5.74, 6) is 0.276. The minimum atomic E-state index is -3.66. The van der Waals surface area contributed by atoms with E-state index in [2.05, 4.69) is 10.8 Å². The van der Waals surface area contributed by atoms with Gasteiger partial charge in [0.05, 0.1) is 18.0 Å². The second kappa shape index (κ2) is 8.46. The van der Waals surface area contributed by atoms with Crippen LogP contribution in [-0.4, -0.2) is 46.6 Å². The van der Waals surface area contributed by atoms with E-state index in [9.17, 15) is 13.2 Å². The summed E-state index contributed by atoms with van der Waals surface area (Å²) in [5, 5.41) is 4.84. The van der Waals surface area contributed by atoms with E-state index in [0.29, 0.717) is 18.0 Å². The maximum absolute atomic E-state index is 14.1. The van der Waals surface area contributed by atoms with Crippen molar-refractivity contribution in [1.29, 1.82) is 0 Å². The van der Waals surface area contributed by atoms with Crippen LogP contribution in [0.5, 0.6) is 0 Å². The van der Waals surface area contributed by atoms with Gasteiger partial charge in [-0.2, -0.15) is 9.82 Å². The SMILES string of the molecule is Cc1cc(C2CC2)nc2cc([C@@H]3CCCCN3C(=O)[C@@](C)(NS(C)(=O)=O)c3ccccc3)nn12. The van der Waals surface area contributed by atoms with Crippen LogP contribution >= 0.6 is 0 Å². The summed E-state index contributed by atoms with van der Waals surface area (Å²) in [4.78, 5) is 20.7. The highest BCUT2D eigenvalue weighted by Gasteiger charge is 2.44. The highest BCUT2D eigenvalue weighted by atomic mass is 32.2. The number of carbonyl (C=O) groups is 1. The fraction of sp³-hybridized carbons (Fsp3) is 0.480. The molecule has 1 aliphatic heterocycles. The molecule has 0 unspecified atom stereocenters. The average molecular weight is 482 g/mol. The van der Waals surface area contributed by atoms with Gasteiger partial charge in [0.1, 0.15) is 5.54 Å². The van der Waals surface area contributed by atoms with E-state index in [1.807, 2.05) is 35.7 Å². The number of nitrogens with zero attached hydrogens (tertiary/aromatic N) is 4. The number of fused-ring (bicyclic) bond motifs is 1. The largest absolute Gasteiger partial charge is 0.332 e. The number of rotatable bonds is 6. The highest BCUT2D eigenvalue weighted by Crippen LogP contribution is 2.40. The van der Waals surface area contributed by atoms with Gasteiger partial charge in [-0.05, 0) is 57.6 Å². The standard InChI is InChI=1S/C25H31N5O3S/c1-17-15-20(18-12-13-18)26-23-16-21(27-30(17)23)22-11-7-8-14-29(22)24(31)25(2,28-34(3,32)33)19-9-5-4-6-10-19/h4-6,9-10,15-16,18,22,28H,7-8,11-14H2,1-3H3/t22-,25-/m0/s1. The molecule has 34 heavy (non-hydrogen) atoms. The topological polar surface area (TPSA) is 96.7 Å². The van der Waals surface area contributed by atoms with Crippen LogP contribution in [0.4, 0.5) is 0 Å². The summed E-state index contributed by atoms with van der Waals surface area (Å²) in [6.07, 6.45) is 6.06. The van der Waals surface area contributed by atoms with Crippen molar-refractivity contribution in [2.24, 2.45) is 0 Å². The molecule has 1 saturated heterocycles. The summed E-state index contributed by atoms with van der Waals surface area (Å²) < 4.78 is 29.1. The number of benzene rings is 1. The molecule has 1 aromatic carbocycles. The molecule has 2 aromatic heterocycles.